The first-order valence-electron chi connectivity index (χ1n) is 3.99. The van der Waals surface area contributed by atoms with Crippen LogP contribution in [0.2, 0.25) is 0 Å². The van der Waals surface area contributed by atoms with Crippen LogP contribution in [0, 0.1) is 5.82 Å². The molecule has 1 rings (SSSR count). The number of hydrogen-bond donors (Lipinski definition) is 0. The first kappa shape index (κ1) is 9.64. The van der Waals surface area contributed by atoms with Crippen LogP contribution in [-0.4, -0.2) is 17.6 Å². The Morgan fingerprint density at radius 3 is 3.08 bits per heavy atom. The van der Waals surface area contributed by atoms with E-state index in [0.717, 1.165) is 0 Å². The molecule has 0 spiro atoms. The number of rotatable bonds is 3. The van der Waals surface area contributed by atoms with E-state index in [2.05, 4.69) is 9.72 Å². The Balaban J connectivity index is 2.63. The number of ether oxygens (including phenoxy) is 1. The molecule has 0 aliphatic heterocycles. The van der Waals surface area contributed by atoms with Crippen LogP contribution in [-0.2, 0) is 16.0 Å². The van der Waals surface area contributed by atoms with Crippen molar-refractivity contribution in [3.05, 3.63) is 29.8 Å². The highest BCUT2D eigenvalue weighted by atomic mass is 19.1. The second-order valence-corrected chi connectivity index (χ2v) is 2.41. The molecule has 1 aromatic heterocycles. The summed E-state index contributed by atoms with van der Waals surface area (Å²) in [6.07, 6.45) is 1.33. The summed E-state index contributed by atoms with van der Waals surface area (Å²) in [7, 11) is 0. The quantitative estimate of drug-likeness (QED) is 0.663. The number of carbonyl (C=O) groups excluding carboxylic acids is 1. The average molecular weight is 183 g/mol. The minimum Gasteiger partial charge on any atom is -0.466 e. The van der Waals surface area contributed by atoms with Gasteiger partial charge in [-0.1, -0.05) is 0 Å². The minimum atomic E-state index is -0.476. The standard InChI is InChI=1S/C9H10FNO2/c1-2-13-9(12)6-8-7(10)4-3-5-11-8/h3-5H,2,6H2,1H3. The SMILES string of the molecule is CCOC(=O)Cc1ncccc1F. The fourth-order valence-electron chi connectivity index (χ4n) is 0.897. The van der Waals surface area contributed by atoms with Gasteiger partial charge in [-0.05, 0) is 19.1 Å². The van der Waals surface area contributed by atoms with Crippen molar-refractivity contribution in [3.63, 3.8) is 0 Å². The fourth-order valence-corrected chi connectivity index (χ4v) is 0.897. The number of hydrogen-bond acceptors (Lipinski definition) is 3. The predicted octanol–water partition coefficient (Wildman–Crippen LogP) is 1.33. The molecule has 0 amide bonds. The Labute approximate surface area is 75.6 Å². The Bertz CT molecular complexity index is 301. The molecule has 0 aromatic carbocycles. The lowest BCUT2D eigenvalue weighted by Crippen LogP contribution is -2.09. The van der Waals surface area contributed by atoms with Crippen LogP contribution in [0.25, 0.3) is 0 Å². The van der Waals surface area contributed by atoms with Crippen molar-refractivity contribution < 1.29 is 13.9 Å². The zero-order valence-corrected chi connectivity index (χ0v) is 7.29. The molecule has 4 heteroatoms. The number of carbonyl (C=O) groups is 1. The van der Waals surface area contributed by atoms with Crippen molar-refractivity contribution in [2.24, 2.45) is 0 Å². The van der Waals surface area contributed by atoms with Crippen LogP contribution < -0.4 is 0 Å². The Kier molecular flexibility index (Phi) is 3.37. The van der Waals surface area contributed by atoms with E-state index >= 15 is 0 Å². The van der Waals surface area contributed by atoms with Gasteiger partial charge in [-0.25, -0.2) is 4.39 Å². The summed E-state index contributed by atoms with van der Waals surface area (Å²) in [5.41, 5.74) is 0.126. The van der Waals surface area contributed by atoms with Gasteiger partial charge in [0.25, 0.3) is 0 Å². The normalized spacial score (nSPS) is 9.69. The number of esters is 1. The maximum Gasteiger partial charge on any atom is 0.311 e. The Morgan fingerprint density at radius 1 is 1.69 bits per heavy atom. The molecular weight excluding hydrogens is 173 g/mol. The van der Waals surface area contributed by atoms with Crippen LogP contribution in [0.5, 0.6) is 0 Å². The summed E-state index contributed by atoms with van der Waals surface area (Å²) >= 11 is 0. The highest BCUT2D eigenvalue weighted by molar-refractivity contribution is 5.71. The lowest BCUT2D eigenvalue weighted by atomic mass is 10.2. The van der Waals surface area contributed by atoms with E-state index < -0.39 is 11.8 Å². The molecule has 0 unspecified atom stereocenters. The van der Waals surface area contributed by atoms with E-state index in [0.29, 0.717) is 6.61 Å². The van der Waals surface area contributed by atoms with E-state index in [1.807, 2.05) is 0 Å². The lowest BCUT2D eigenvalue weighted by Gasteiger charge is -2.01. The van der Waals surface area contributed by atoms with E-state index in [-0.39, 0.29) is 12.1 Å². The average Bonchev–Trinajstić information content (AvgIpc) is 2.09. The molecule has 0 saturated carbocycles. The molecular formula is C9H10FNO2. The number of halogens is 1. The summed E-state index contributed by atoms with van der Waals surface area (Å²) in [6, 6.07) is 2.74. The Hall–Kier alpha value is -1.45. The maximum atomic E-state index is 12.9. The molecule has 0 atom stereocenters. The molecule has 0 aliphatic carbocycles. The van der Waals surface area contributed by atoms with Crippen molar-refractivity contribution in [1.82, 2.24) is 4.98 Å². The van der Waals surface area contributed by atoms with Crippen molar-refractivity contribution in [2.45, 2.75) is 13.3 Å². The third-order valence-corrected chi connectivity index (χ3v) is 1.45. The van der Waals surface area contributed by atoms with Crippen LogP contribution in [0.1, 0.15) is 12.6 Å². The molecule has 1 heterocycles. The molecule has 3 nitrogen and oxygen atoms in total. The lowest BCUT2D eigenvalue weighted by molar-refractivity contribution is -0.142. The van der Waals surface area contributed by atoms with Gasteiger partial charge in [0.2, 0.25) is 0 Å². The van der Waals surface area contributed by atoms with Crippen LogP contribution in [0.3, 0.4) is 0 Å². The number of aromatic nitrogens is 1. The molecule has 1 aromatic rings. The van der Waals surface area contributed by atoms with Gasteiger partial charge in [0, 0.05) is 6.20 Å². The smallest absolute Gasteiger partial charge is 0.311 e. The molecule has 70 valence electrons. The summed E-state index contributed by atoms with van der Waals surface area (Å²) in [4.78, 5) is 14.7. The first-order valence-corrected chi connectivity index (χ1v) is 3.99. The van der Waals surface area contributed by atoms with Gasteiger partial charge in [-0.2, -0.15) is 0 Å². The highest BCUT2D eigenvalue weighted by Gasteiger charge is 2.08. The van der Waals surface area contributed by atoms with Gasteiger partial charge in [0.05, 0.1) is 18.7 Å². The summed E-state index contributed by atoms with van der Waals surface area (Å²) in [5.74, 6) is -0.935. The van der Waals surface area contributed by atoms with E-state index in [1.54, 1.807) is 6.92 Å². The van der Waals surface area contributed by atoms with Crippen molar-refractivity contribution in [1.29, 1.82) is 0 Å². The van der Waals surface area contributed by atoms with Crippen LogP contribution in [0.15, 0.2) is 18.3 Å². The van der Waals surface area contributed by atoms with Crippen molar-refractivity contribution >= 4 is 5.97 Å². The van der Waals surface area contributed by atoms with Crippen molar-refractivity contribution in [2.75, 3.05) is 6.61 Å². The van der Waals surface area contributed by atoms with Gasteiger partial charge >= 0.3 is 5.97 Å². The van der Waals surface area contributed by atoms with E-state index in [1.165, 1.54) is 18.3 Å². The van der Waals surface area contributed by atoms with Crippen LogP contribution >= 0.6 is 0 Å². The van der Waals surface area contributed by atoms with Crippen LogP contribution in [0.4, 0.5) is 4.39 Å². The van der Waals surface area contributed by atoms with Gasteiger partial charge in [0.1, 0.15) is 5.82 Å². The zero-order chi connectivity index (χ0) is 9.68. The van der Waals surface area contributed by atoms with Gasteiger partial charge in [-0.15, -0.1) is 0 Å². The first-order chi connectivity index (χ1) is 6.24. The van der Waals surface area contributed by atoms with E-state index in [4.69, 9.17) is 0 Å². The zero-order valence-electron chi connectivity index (χ0n) is 7.29. The van der Waals surface area contributed by atoms with Gasteiger partial charge in [-0.3, -0.25) is 9.78 Å². The number of pyridine rings is 1. The summed E-state index contributed by atoms with van der Waals surface area (Å²) in [5, 5.41) is 0. The predicted molar refractivity (Wildman–Crippen MR) is 44.5 cm³/mol. The third kappa shape index (κ3) is 2.82. The summed E-state index contributed by atoms with van der Waals surface area (Å²) < 4.78 is 17.6. The fraction of sp³-hybridized carbons (Fsp3) is 0.333. The topological polar surface area (TPSA) is 39.2 Å². The molecule has 0 bridgehead atoms. The third-order valence-electron chi connectivity index (χ3n) is 1.45. The van der Waals surface area contributed by atoms with Gasteiger partial charge < -0.3 is 4.74 Å². The van der Waals surface area contributed by atoms with Gasteiger partial charge in [0.15, 0.2) is 0 Å². The molecule has 0 saturated heterocycles. The molecule has 0 fully saturated rings. The molecule has 0 radical (unpaired) electrons. The molecule has 0 aliphatic rings. The largest absolute Gasteiger partial charge is 0.466 e. The maximum absolute atomic E-state index is 12.9. The highest BCUT2D eigenvalue weighted by Crippen LogP contribution is 2.03. The monoisotopic (exact) mass is 183 g/mol. The molecule has 13 heavy (non-hydrogen) atoms. The second kappa shape index (κ2) is 4.54. The van der Waals surface area contributed by atoms with Crippen molar-refractivity contribution in [3.8, 4) is 0 Å². The minimum absolute atomic E-state index is 0.111. The molecule has 0 N–H and O–H groups in total. The number of nitrogens with zero attached hydrogens (tertiary/aromatic N) is 1. The van der Waals surface area contributed by atoms with E-state index in [9.17, 15) is 9.18 Å². The summed E-state index contributed by atoms with van der Waals surface area (Å²) in [6.45, 7) is 2.00. The Morgan fingerprint density at radius 2 is 2.46 bits per heavy atom. The second-order valence-electron chi connectivity index (χ2n) is 2.41.